The second kappa shape index (κ2) is 11.3. The molecule has 0 bridgehead atoms. The molecule has 2 aliphatic carbocycles. The second-order valence-electron chi connectivity index (χ2n) is 7.74. The highest BCUT2D eigenvalue weighted by Gasteiger charge is 2.13. The van der Waals surface area contributed by atoms with E-state index in [1.165, 1.54) is 53.2 Å². The number of aryl methyl sites for hydroxylation is 2. The SMILES string of the molecule is Clc1cc(CCC2=CC(CCC3C=CC=CC3)CC=C2)ccc1CCCI. The van der Waals surface area contributed by atoms with Crippen LogP contribution < -0.4 is 0 Å². The monoisotopic (exact) mass is 492 g/mol. The quantitative estimate of drug-likeness (QED) is 0.241. The third kappa shape index (κ3) is 6.94. The first kappa shape index (κ1) is 20.9. The minimum atomic E-state index is 0.712. The lowest BCUT2D eigenvalue weighted by molar-refractivity contribution is 0.485. The van der Waals surface area contributed by atoms with Crippen LogP contribution in [-0.4, -0.2) is 4.43 Å². The van der Waals surface area contributed by atoms with Crippen molar-refractivity contribution in [3.8, 4) is 0 Å². The van der Waals surface area contributed by atoms with E-state index in [0.29, 0.717) is 5.92 Å². The van der Waals surface area contributed by atoms with Crippen molar-refractivity contribution in [3.05, 3.63) is 82.5 Å². The fourth-order valence-corrected chi connectivity index (χ4v) is 4.64. The topological polar surface area (TPSA) is 0 Å². The third-order valence-electron chi connectivity index (χ3n) is 5.60. The second-order valence-corrected chi connectivity index (χ2v) is 9.23. The van der Waals surface area contributed by atoms with Crippen LogP contribution in [0.2, 0.25) is 5.02 Å². The van der Waals surface area contributed by atoms with Gasteiger partial charge in [-0.2, -0.15) is 0 Å². The molecule has 2 heteroatoms. The third-order valence-corrected chi connectivity index (χ3v) is 6.71. The van der Waals surface area contributed by atoms with E-state index in [0.717, 1.165) is 30.2 Å². The van der Waals surface area contributed by atoms with Crippen LogP contribution in [0.3, 0.4) is 0 Å². The largest absolute Gasteiger partial charge is 0.0864 e. The van der Waals surface area contributed by atoms with Crippen LogP contribution in [-0.2, 0) is 12.8 Å². The molecule has 0 saturated carbocycles. The van der Waals surface area contributed by atoms with E-state index in [1.54, 1.807) is 0 Å². The lowest BCUT2D eigenvalue weighted by Gasteiger charge is -2.20. The fourth-order valence-electron chi connectivity index (χ4n) is 3.96. The Morgan fingerprint density at radius 3 is 2.59 bits per heavy atom. The molecule has 0 aliphatic heterocycles. The number of hydrogen-bond donors (Lipinski definition) is 0. The van der Waals surface area contributed by atoms with E-state index in [4.69, 9.17) is 11.6 Å². The molecule has 1 aromatic rings. The summed E-state index contributed by atoms with van der Waals surface area (Å²) in [4.78, 5) is 0. The van der Waals surface area contributed by atoms with E-state index in [1.807, 2.05) is 0 Å². The van der Waals surface area contributed by atoms with Crippen molar-refractivity contribution >= 4 is 34.2 Å². The summed E-state index contributed by atoms with van der Waals surface area (Å²) in [5.74, 6) is 1.45. The summed E-state index contributed by atoms with van der Waals surface area (Å²) >= 11 is 8.91. The average Bonchev–Trinajstić information content (AvgIpc) is 2.71. The van der Waals surface area contributed by atoms with Gasteiger partial charge in [0.2, 0.25) is 0 Å². The van der Waals surface area contributed by atoms with Gasteiger partial charge in [-0.25, -0.2) is 0 Å². The Morgan fingerprint density at radius 1 is 0.963 bits per heavy atom. The molecule has 2 aliphatic rings. The molecule has 27 heavy (non-hydrogen) atoms. The molecule has 0 spiro atoms. The summed E-state index contributed by atoms with van der Waals surface area (Å²) in [6, 6.07) is 6.67. The minimum absolute atomic E-state index is 0.712. The van der Waals surface area contributed by atoms with E-state index in [2.05, 4.69) is 83.3 Å². The normalized spacial score (nSPS) is 21.5. The molecule has 0 nitrogen and oxygen atoms in total. The summed E-state index contributed by atoms with van der Waals surface area (Å²) in [6.45, 7) is 0. The van der Waals surface area contributed by atoms with Crippen molar-refractivity contribution in [2.75, 3.05) is 4.43 Å². The Kier molecular flexibility index (Phi) is 8.73. The Morgan fingerprint density at radius 2 is 1.81 bits per heavy atom. The van der Waals surface area contributed by atoms with Gasteiger partial charge < -0.3 is 0 Å². The summed E-state index contributed by atoms with van der Waals surface area (Å²) in [5, 5.41) is 0.943. The standard InChI is InChI=1S/C25H30ClI/c26-25-19-23(15-16-24(25)10-5-17-27)14-13-22-9-4-8-21(18-22)12-11-20-6-2-1-3-7-20/h1-4,6,9,15-16,18-21H,5,7-8,10-14,17H2. The summed E-state index contributed by atoms with van der Waals surface area (Å²) in [5.41, 5.74) is 4.14. The molecule has 3 rings (SSSR count). The number of benzene rings is 1. The molecule has 0 amide bonds. The van der Waals surface area contributed by atoms with Crippen LogP contribution in [0.5, 0.6) is 0 Å². The van der Waals surface area contributed by atoms with Gasteiger partial charge in [-0.3, -0.25) is 0 Å². The number of halogens is 2. The maximum Gasteiger partial charge on any atom is 0.0440 e. The van der Waals surface area contributed by atoms with Crippen LogP contribution in [0.15, 0.2) is 66.3 Å². The predicted molar refractivity (Wildman–Crippen MR) is 128 cm³/mol. The maximum absolute atomic E-state index is 6.48. The van der Waals surface area contributed by atoms with Gasteiger partial charge in [0.25, 0.3) is 0 Å². The van der Waals surface area contributed by atoms with Crippen molar-refractivity contribution < 1.29 is 0 Å². The fraction of sp³-hybridized carbons (Fsp3) is 0.440. The number of hydrogen-bond acceptors (Lipinski definition) is 0. The Labute approximate surface area is 183 Å². The molecule has 144 valence electrons. The molecular formula is C25H30ClI. The van der Waals surface area contributed by atoms with Gasteiger partial charge >= 0.3 is 0 Å². The molecule has 2 unspecified atom stereocenters. The van der Waals surface area contributed by atoms with Crippen LogP contribution in [0.25, 0.3) is 0 Å². The predicted octanol–water partition coefficient (Wildman–Crippen LogP) is 8.06. The minimum Gasteiger partial charge on any atom is -0.0864 e. The zero-order chi connectivity index (χ0) is 18.9. The van der Waals surface area contributed by atoms with Crippen molar-refractivity contribution in [2.24, 2.45) is 11.8 Å². The highest BCUT2D eigenvalue weighted by atomic mass is 127. The lowest BCUT2D eigenvalue weighted by Crippen LogP contribution is -2.05. The van der Waals surface area contributed by atoms with Gasteiger partial charge in [0, 0.05) is 5.02 Å². The average molecular weight is 493 g/mol. The van der Waals surface area contributed by atoms with Crippen molar-refractivity contribution in [1.82, 2.24) is 0 Å². The van der Waals surface area contributed by atoms with Gasteiger partial charge in [-0.1, -0.05) is 94.4 Å². The zero-order valence-corrected chi connectivity index (χ0v) is 19.0. The molecule has 2 atom stereocenters. The van der Waals surface area contributed by atoms with Gasteiger partial charge in [0.15, 0.2) is 0 Å². The van der Waals surface area contributed by atoms with E-state index in [9.17, 15) is 0 Å². The van der Waals surface area contributed by atoms with Gasteiger partial charge in [-0.05, 0) is 84.8 Å². The molecule has 1 aromatic carbocycles. The molecular weight excluding hydrogens is 463 g/mol. The lowest BCUT2D eigenvalue weighted by atomic mass is 9.86. The van der Waals surface area contributed by atoms with Gasteiger partial charge in [0.1, 0.15) is 0 Å². The summed E-state index contributed by atoms with van der Waals surface area (Å²) in [7, 11) is 0. The van der Waals surface area contributed by atoms with Gasteiger partial charge in [-0.15, -0.1) is 0 Å². The van der Waals surface area contributed by atoms with Crippen LogP contribution in [0.4, 0.5) is 0 Å². The molecule has 0 saturated heterocycles. The van der Waals surface area contributed by atoms with E-state index in [-0.39, 0.29) is 0 Å². The molecule has 0 heterocycles. The van der Waals surface area contributed by atoms with Crippen molar-refractivity contribution in [3.63, 3.8) is 0 Å². The number of alkyl halides is 1. The summed E-state index contributed by atoms with van der Waals surface area (Å²) < 4.78 is 1.19. The molecule has 0 aromatic heterocycles. The maximum atomic E-state index is 6.48. The molecule has 0 fully saturated rings. The first-order valence-corrected chi connectivity index (χ1v) is 12.2. The molecule has 0 N–H and O–H groups in total. The Hall–Kier alpha value is -0.800. The first-order valence-electron chi connectivity index (χ1n) is 10.3. The first-order chi connectivity index (χ1) is 13.2. The van der Waals surface area contributed by atoms with Crippen molar-refractivity contribution in [1.29, 1.82) is 0 Å². The van der Waals surface area contributed by atoms with Crippen molar-refractivity contribution in [2.45, 2.75) is 51.4 Å². The summed E-state index contributed by atoms with van der Waals surface area (Å²) in [6.07, 6.45) is 25.8. The van der Waals surface area contributed by atoms with Crippen LogP contribution in [0, 0.1) is 11.8 Å². The van der Waals surface area contributed by atoms with Crippen LogP contribution in [0.1, 0.15) is 49.7 Å². The zero-order valence-electron chi connectivity index (χ0n) is 16.0. The highest BCUT2D eigenvalue weighted by Crippen LogP contribution is 2.28. The van der Waals surface area contributed by atoms with E-state index < -0.39 is 0 Å². The molecule has 0 radical (unpaired) electrons. The Bertz CT molecular complexity index is 726. The Balaban J connectivity index is 1.48. The van der Waals surface area contributed by atoms with Crippen LogP contribution >= 0.6 is 34.2 Å². The van der Waals surface area contributed by atoms with E-state index >= 15 is 0 Å². The highest BCUT2D eigenvalue weighted by molar-refractivity contribution is 14.1. The number of allylic oxidation sites excluding steroid dienone is 8. The van der Waals surface area contributed by atoms with Gasteiger partial charge in [0.05, 0.1) is 0 Å². The smallest absolute Gasteiger partial charge is 0.0440 e. The number of rotatable bonds is 9.